The number of carbonyl (C=O) groups is 1. The molecule has 134 valence electrons. The van der Waals surface area contributed by atoms with Gasteiger partial charge in [-0.3, -0.25) is 10.1 Å². The normalized spacial score (nSPS) is 16.6. The summed E-state index contributed by atoms with van der Waals surface area (Å²) in [7, 11) is 0. The van der Waals surface area contributed by atoms with Crippen LogP contribution in [0, 0.1) is 5.92 Å². The molecule has 0 aliphatic heterocycles. The van der Waals surface area contributed by atoms with Crippen molar-refractivity contribution in [1.29, 1.82) is 0 Å². The first-order valence-corrected chi connectivity index (χ1v) is 10.1. The van der Waals surface area contributed by atoms with Crippen LogP contribution in [0.2, 0.25) is 0 Å². The van der Waals surface area contributed by atoms with Gasteiger partial charge in [-0.15, -0.1) is 11.3 Å². The van der Waals surface area contributed by atoms with E-state index in [1.54, 1.807) is 11.3 Å². The molecule has 1 saturated carbocycles. The maximum atomic E-state index is 12.3. The van der Waals surface area contributed by atoms with Crippen molar-refractivity contribution in [1.82, 2.24) is 10.6 Å². The number of amides is 1. The molecule has 1 amide bonds. The highest BCUT2D eigenvalue weighted by Gasteiger charge is 2.27. The highest BCUT2D eigenvalue weighted by Crippen LogP contribution is 2.27. The van der Waals surface area contributed by atoms with Gasteiger partial charge in [0.2, 0.25) is 5.91 Å². The van der Waals surface area contributed by atoms with Gasteiger partial charge in [-0.1, -0.05) is 44.2 Å². The average Bonchev–Trinajstić information content (AvgIpc) is 3.23. The van der Waals surface area contributed by atoms with Crippen molar-refractivity contribution in [3.8, 4) is 0 Å². The van der Waals surface area contributed by atoms with Crippen molar-refractivity contribution in [2.24, 2.45) is 5.92 Å². The van der Waals surface area contributed by atoms with Crippen molar-refractivity contribution >= 4 is 17.2 Å². The van der Waals surface area contributed by atoms with Crippen LogP contribution in [0.1, 0.15) is 55.7 Å². The van der Waals surface area contributed by atoms with Crippen molar-refractivity contribution in [2.45, 2.75) is 58.2 Å². The first kappa shape index (κ1) is 18.2. The molecule has 1 heterocycles. The minimum absolute atomic E-state index is 0.0491. The van der Waals surface area contributed by atoms with Gasteiger partial charge in [-0.05, 0) is 54.7 Å². The first-order valence-electron chi connectivity index (χ1n) is 9.21. The monoisotopic (exact) mass is 356 g/mol. The fourth-order valence-electron chi connectivity index (χ4n) is 3.00. The highest BCUT2D eigenvalue weighted by molar-refractivity contribution is 7.10. The summed E-state index contributed by atoms with van der Waals surface area (Å²) in [4.78, 5) is 13.6. The van der Waals surface area contributed by atoms with E-state index in [1.807, 2.05) is 6.92 Å². The molecule has 0 saturated heterocycles. The van der Waals surface area contributed by atoms with Gasteiger partial charge in [-0.25, -0.2) is 0 Å². The average molecular weight is 357 g/mol. The van der Waals surface area contributed by atoms with E-state index >= 15 is 0 Å². The lowest BCUT2D eigenvalue weighted by atomic mass is 9.98. The number of hydrogen-bond donors (Lipinski definition) is 2. The summed E-state index contributed by atoms with van der Waals surface area (Å²) in [6, 6.07) is 13.2. The fourth-order valence-corrected chi connectivity index (χ4v) is 3.81. The summed E-state index contributed by atoms with van der Waals surface area (Å²) < 4.78 is 0. The molecule has 1 aromatic heterocycles. The van der Waals surface area contributed by atoms with Crippen molar-refractivity contribution in [3.63, 3.8) is 0 Å². The molecular formula is C21H28N2OS. The predicted octanol–water partition coefficient (Wildman–Crippen LogP) is 4.29. The third kappa shape index (κ3) is 5.16. The molecule has 0 spiro atoms. The second kappa shape index (κ2) is 8.15. The molecule has 2 atom stereocenters. The van der Waals surface area contributed by atoms with Gasteiger partial charge >= 0.3 is 0 Å². The third-order valence-corrected chi connectivity index (χ3v) is 5.46. The van der Waals surface area contributed by atoms with Crippen LogP contribution in [-0.2, 0) is 11.2 Å². The van der Waals surface area contributed by atoms with Crippen LogP contribution in [0.25, 0.3) is 0 Å². The minimum atomic E-state index is -0.219. The molecular weight excluding hydrogens is 328 g/mol. The summed E-state index contributed by atoms with van der Waals surface area (Å²) in [6.45, 7) is 6.43. The minimum Gasteiger partial charge on any atom is -0.352 e. The Labute approximate surface area is 154 Å². The Morgan fingerprint density at radius 1 is 1.16 bits per heavy atom. The van der Waals surface area contributed by atoms with E-state index < -0.39 is 0 Å². The Kier molecular flexibility index (Phi) is 5.92. The lowest BCUT2D eigenvalue weighted by molar-refractivity contribution is -0.123. The van der Waals surface area contributed by atoms with Crippen LogP contribution in [0.3, 0.4) is 0 Å². The van der Waals surface area contributed by atoms with Crippen LogP contribution in [0.15, 0.2) is 41.8 Å². The molecule has 0 bridgehead atoms. The molecule has 25 heavy (non-hydrogen) atoms. The summed E-state index contributed by atoms with van der Waals surface area (Å²) >= 11 is 1.73. The van der Waals surface area contributed by atoms with Crippen molar-refractivity contribution in [3.05, 3.63) is 57.8 Å². The largest absolute Gasteiger partial charge is 0.352 e. The predicted molar refractivity (Wildman–Crippen MR) is 105 cm³/mol. The smallest absolute Gasteiger partial charge is 0.237 e. The Balaban J connectivity index is 1.74. The van der Waals surface area contributed by atoms with Crippen LogP contribution < -0.4 is 10.6 Å². The van der Waals surface area contributed by atoms with Crippen LogP contribution >= 0.6 is 11.3 Å². The molecule has 3 rings (SSSR count). The number of hydrogen-bond acceptors (Lipinski definition) is 3. The molecule has 3 nitrogen and oxygen atoms in total. The van der Waals surface area contributed by atoms with Crippen LogP contribution in [0.4, 0.5) is 0 Å². The van der Waals surface area contributed by atoms with Gasteiger partial charge in [0.05, 0.1) is 12.1 Å². The van der Waals surface area contributed by atoms with Crippen molar-refractivity contribution < 1.29 is 4.79 Å². The first-order chi connectivity index (χ1) is 12.0. The van der Waals surface area contributed by atoms with E-state index in [4.69, 9.17) is 0 Å². The quantitative estimate of drug-likeness (QED) is 0.741. The second-order valence-corrected chi connectivity index (χ2v) is 8.44. The maximum Gasteiger partial charge on any atom is 0.237 e. The Morgan fingerprint density at radius 3 is 2.44 bits per heavy atom. The molecule has 1 aliphatic rings. The van der Waals surface area contributed by atoms with Crippen molar-refractivity contribution in [2.75, 3.05) is 0 Å². The lowest BCUT2D eigenvalue weighted by Gasteiger charge is -2.23. The number of carbonyl (C=O) groups excluding carboxylic acids is 1. The highest BCUT2D eigenvalue weighted by atomic mass is 32.1. The number of thiophene rings is 1. The zero-order valence-electron chi connectivity index (χ0n) is 15.3. The lowest BCUT2D eigenvalue weighted by Crippen LogP contribution is -2.44. The molecule has 2 aromatic rings. The van der Waals surface area contributed by atoms with E-state index in [9.17, 15) is 4.79 Å². The standard InChI is InChI=1S/C21H28N2OS/c1-14(2)13-16-6-8-17(9-7-16)20(19-5-4-12-25-19)22-15(3)21(24)23-18-10-11-18/h4-9,12,14-15,18,20,22H,10-11,13H2,1-3H3,(H,23,24)/t15-,20-/m1/s1. The molecule has 1 fully saturated rings. The molecule has 4 heteroatoms. The number of benzene rings is 1. The van der Waals surface area contributed by atoms with E-state index in [0.717, 1.165) is 19.3 Å². The van der Waals surface area contributed by atoms with Gasteiger partial charge in [0, 0.05) is 10.9 Å². The second-order valence-electron chi connectivity index (χ2n) is 7.46. The number of nitrogens with one attached hydrogen (secondary N) is 2. The maximum absolute atomic E-state index is 12.3. The molecule has 0 unspecified atom stereocenters. The third-order valence-electron chi connectivity index (χ3n) is 4.52. The molecule has 1 aromatic carbocycles. The van der Waals surface area contributed by atoms with E-state index in [2.05, 4.69) is 66.3 Å². The summed E-state index contributed by atoms with van der Waals surface area (Å²) in [5.74, 6) is 0.753. The van der Waals surface area contributed by atoms with Gasteiger partial charge in [0.1, 0.15) is 0 Å². The molecule has 0 radical (unpaired) electrons. The molecule has 1 aliphatic carbocycles. The summed E-state index contributed by atoms with van der Waals surface area (Å²) in [5, 5.41) is 8.70. The zero-order valence-corrected chi connectivity index (χ0v) is 16.1. The van der Waals surface area contributed by atoms with Crippen LogP contribution in [-0.4, -0.2) is 18.0 Å². The molecule has 2 N–H and O–H groups in total. The number of rotatable bonds is 8. The Bertz CT molecular complexity index is 674. The van der Waals surface area contributed by atoms with Crippen LogP contribution in [0.5, 0.6) is 0 Å². The van der Waals surface area contributed by atoms with E-state index in [1.165, 1.54) is 16.0 Å². The summed E-state index contributed by atoms with van der Waals surface area (Å²) in [5.41, 5.74) is 2.57. The van der Waals surface area contributed by atoms with Gasteiger partial charge in [0.25, 0.3) is 0 Å². The topological polar surface area (TPSA) is 41.1 Å². The zero-order chi connectivity index (χ0) is 17.8. The van der Waals surface area contributed by atoms with Gasteiger partial charge < -0.3 is 5.32 Å². The van der Waals surface area contributed by atoms with Gasteiger partial charge in [0.15, 0.2) is 0 Å². The Hall–Kier alpha value is -1.65. The van der Waals surface area contributed by atoms with Gasteiger partial charge in [-0.2, -0.15) is 0 Å². The Morgan fingerprint density at radius 2 is 1.88 bits per heavy atom. The summed E-state index contributed by atoms with van der Waals surface area (Å²) in [6.07, 6.45) is 3.33. The van der Waals surface area contributed by atoms with E-state index in [-0.39, 0.29) is 18.0 Å². The fraction of sp³-hybridized carbons (Fsp3) is 0.476. The SMILES string of the molecule is CC(C)Cc1ccc([C@@H](N[C@H](C)C(=O)NC2CC2)c2cccs2)cc1. The van der Waals surface area contributed by atoms with E-state index in [0.29, 0.717) is 12.0 Å².